The number of anilines is 2. The van der Waals surface area contributed by atoms with Gasteiger partial charge in [0.2, 0.25) is 11.9 Å². The Kier molecular flexibility index (Phi) is 6.24. The van der Waals surface area contributed by atoms with Crippen molar-refractivity contribution < 1.29 is 14.6 Å². The molecule has 0 atom stereocenters. The lowest BCUT2D eigenvalue weighted by molar-refractivity contribution is -0.922. The summed E-state index contributed by atoms with van der Waals surface area (Å²) in [6.07, 6.45) is 6.17. The highest BCUT2D eigenvalue weighted by molar-refractivity contribution is 7.18. The largest absolute Gasteiger partial charge is 0.378 e. The van der Waals surface area contributed by atoms with E-state index in [4.69, 9.17) is 25.3 Å². The molecule has 0 bridgehead atoms. The van der Waals surface area contributed by atoms with Crippen LogP contribution in [0.5, 0.6) is 0 Å². The second-order valence-electron chi connectivity index (χ2n) is 9.46. The van der Waals surface area contributed by atoms with Crippen molar-refractivity contribution in [1.82, 2.24) is 24.9 Å². The van der Waals surface area contributed by atoms with Crippen LogP contribution in [0.15, 0.2) is 23.8 Å². The Bertz CT molecular complexity index is 1260. The molecule has 184 valence electrons. The Morgan fingerprint density at radius 3 is 2.54 bits per heavy atom. The first kappa shape index (κ1) is 23.4. The quantitative estimate of drug-likeness (QED) is 0.526. The maximum absolute atomic E-state index is 12.4. The van der Waals surface area contributed by atoms with Crippen molar-refractivity contribution in [2.24, 2.45) is 0 Å². The fourth-order valence-corrected chi connectivity index (χ4v) is 5.08. The average Bonchev–Trinajstić information content (AvgIpc) is 3.28. The van der Waals surface area contributed by atoms with Gasteiger partial charge in [0.25, 0.3) is 0 Å². The third-order valence-electron chi connectivity index (χ3n) is 5.76. The Morgan fingerprint density at radius 1 is 1.14 bits per heavy atom. The van der Waals surface area contributed by atoms with Crippen molar-refractivity contribution in [1.29, 1.82) is 0 Å². The van der Waals surface area contributed by atoms with E-state index < -0.39 is 5.60 Å². The fourth-order valence-electron chi connectivity index (χ4n) is 4.04. The molecule has 0 aliphatic carbocycles. The van der Waals surface area contributed by atoms with Crippen LogP contribution in [-0.4, -0.2) is 75.0 Å². The number of nitrogens with two attached hydrogens (primary N) is 1. The lowest BCUT2D eigenvalue weighted by Gasteiger charge is -2.27. The number of nitrogen functional groups attached to an aromatic ring is 1. The van der Waals surface area contributed by atoms with Crippen LogP contribution in [0.2, 0.25) is 0 Å². The topological polar surface area (TPSA) is 123 Å². The summed E-state index contributed by atoms with van der Waals surface area (Å²) in [6, 6.07) is 0. The Labute approximate surface area is 207 Å². The SMILES string of the molecule is CC(C)(C)O[N+](=O)N1CC=C(c2csc3c(-c4cnc(N)nc4)nc(N4CCOCC4)nc23)CC1. The number of thiophene rings is 1. The predicted octanol–water partition coefficient (Wildman–Crippen LogP) is 3.08. The molecule has 0 spiro atoms. The molecule has 0 aromatic carbocycles. The van der Waals surface area contributed by atoms with Crippen molar-refractivity contribution in [3.63, 3.8) is 0 Å². The first-order chi connectivity index (χ1) is 16.8. The Morgan fingerprint density at radius 2 is 1.89 bits per heavy atom. The molecule has 3 aromatic rings. The monoisotopic (exact) mass is 497 g/mol. The molecular formula is C23H29N8O3S+. The summed E-state index contributed by atoms with van der Waals surface area (Å²) >= 11 is 1.60. The molecule has 1 saturated heterocycles. The summed E-state index contributed by atoms with van der Waals surface area (Å²) in [5.41, 5.74) is 9.85. The van der Waals surface area contributed by atoms with Crippen LogP contribution in [0, 0.1) is 4.91 Å². The minimum atomic E-state index is -0.551. The number of hydrazine groups is 1. The van der Waals surface area contributed by atoms with Crippen LogP contribution in [0.4, 0.5) is 11.9 Å². The van der Waals surface area contributed by atoms with Gasteiger partial charge in [-0.15, -0.1) is 11.3 Å². The molecule has 5 heterocycles. The summed E-state index contributed by atoms with van der Waals surface area (Å²) < 4.78 is 6.49. The third kappa shape index (κ3) is 5.03. The van der Waals surface area contributed by atoms with Gasteiger partial charge in [-0.05, 0) is 32.8 Å². The molecule has 1 fully saturated rings. The number of hydrogen-bond acceptors (Lipinski definition) is 10. The average molecular weight is 498 g/mol. The summed E-state index contributed by atoms with van der Waals surface area (Å²) in [7, 11) is 0. The first-order valence-electron chi connectivity index (χ1n) is 11.6. The highest BCUT2D eigenvalue weighted by Crippen LogP contribution is 2.38. The van der Waals surface area contributed by atoms with Gasteiger partial charge in [-0.1, -0.05) is 11.1 Å². The number of ether oxygens (including phenoxy) is 1. The Hall–Kier alpha value is -3.38. The normalized spacial score (nSPS) is 16.9. The van der Waals surface area contributed by atoms with E-state index in [1.807, 2.05) is 20.8 Å². The zero-order valence-corrected chi connectivity index (χ0v) is 20.9. The molecule has 11 nitrogen and oxygen atoms in total. The molecule has 2 N–H and O–H groups in total. The number of rotatable bonds is 5. The highest BCUT2D eigenvalue weighted by atomic mass is 32.1. The summed E-state index contributed by atoms with van der Waals surface area (Å²) in [5, 5.41) is 4.37. The van der Waals surface area contributed by atoms with Crippen molar-refractivity contribution in [2.75, 3.05) is 50.0 Å². The van der Waals surface area contributed by atoms with E-state index in [9.17, 15) is 4.91 Å². The number of morpholine rings is 1. The molecule has 0 radical (unpaired) electrons. The second kappa shape index (κ2) is 9.34. The van der Waals surface area contributed by atoms with Gasteiger partial charge in [0.05, 0.1) is 35.7 Å². The minimum absolute atomic E-state index is 0.221. The summed E-state index contributed by atoms with van der Waals surface area (Å²) in [5.74, 6) is 0.883. The number of aromatic nitrogens is 4. The molecule has 0 saturated carbocycles. The van der Waals surface area contributed by atoms with Crippen LogP contribution >= 0.6 is 11.3 Å². The number of hydrogen-bond donors (Lipinski definition) is 1. The molecule has 5 rings (SSSR count). The van der Waals surface area contributed by atoms with Gasteiger partial charge in [-0.3, -0.25) is 0 Å². The number of nitrogens with zero attached hydrogens (tertiary/aromatic N) is 7. The minimum Gasteiger partial charge on any atom is -0.378 e. The molecular weight excluding hydrogens is 468 g/mol. The van der Waals surface area contributed by atoms with Crippen LogP contribution in [0.3, 0.4) is 0 Å². The van der Waals surface area contributed by atoms with E-state index in [2.05, 4.69) is 26.3 Å². The van der Waals surface area contributed by atoms with Crippen LogP contribution in [0.25, 0.3) is 27.0 Å². The molecule has 0 amide bonds. The van der Waals surface area contributed by atoms with E-state index in [-0.39, 0.29) is 5.95 Å². The van der Waals surface area contributed by atoms with Crippen LogP contribution in [0.1, 0.15) is 32.8 Å². The van der Waals surface area contributed by atoms with Gasteiger partial charge in [0.15, 0.2) is 5.60 Å². The van der Waals surface area contributed by atoms with Gasteiger partial charge in [0, 0.05) is 42.0 Å². The fraction of sp³-hybridized carbons (Fsp3) is 0.478. The van der Waals surface area contributed by atoms with Crippen molar-refractivity contribution in [2.45, 2.75) is 32.8 Å². The van der Waals surface area contributed by atoms with Gasteiger partial charge in [-0.2, -0.15) is 4.84 Å². The maximum Gasteiger partial charge on any atom is 0.360 e. The second-order valence-corrected chi connectivity index (χ2v) is 10.3. The van der Waals surface area contributed by atoms with E-state index in [1.54, 1.807) is 28.7 Å². The molecule has 2 aliphatic heterocycles. The van der Waals surface area contributed by atoms with Gasteiger partial charge < -0.3 is 15.4 Å². The van der Waals surface area contributed by atoms with Gasteiger partial charge in [0.1, 0.15) is 11.5 Å². The zero-order chi connectivity index (χ0) is 24.6. The van der Waals surface area contributed by atoms with E-state index in [0.717, 1.165) is 45.7 Å². The first-order valence-corrected chi connectivity index (χ1v) is 12.5. The smallest absolute Gasteiger partial charge is 0.360 e. The molecule has 12 heteroatoms. The lowest BCUT2D eigenvalue weighted by Crippen LogP contribution is -2.40. The summed E-state index contributed by atoms with van der Waals surface area (Å²) in [6.45, 7) is 9.33. The zero-order valence-electron chi connectivity index (χ0n) is 20.1. The van der Waals surface area contributed by atoms with Gasteiger partial charge in [-0.25, -0.2) is 19.9 Å². The molecule has 3 aromatic heterocycles. The summed E-state index contributed by atoms with van der Waals surface area (Å²) in [4.78, 5) is 38.2. The molecule has 0 unspecified atom stereocenters. The third-order valence-corrected chi connectivity index (χ3v) is 6.74. The molecule has 35 heavy (non-hydrogen) atoms. The van der Waals surface area contributed by atoms with Crippen molar-refractivity contribution in [3.05, 3.63) is 34.3 Å². The van der Waals surface area contributed by atoms with Crippen LogP contribution < -0.4 is 10.6 Å². The van der Waals surface area contributed by atoms with E-state index in [1.165, 1.54) is 0 Å². The highest BCUT2D eigenvalue weighted by Gasteiger charge is 2.32. The Balaban J connectivity index is 1.52. The van der Waals surface area contributed by atoms with E-state index >= 15 is 0 Å². The standard InChI is InChI=1S/C23H29N8O3S/c1-23(2,3)34-31(32)30-6-4-15(5-7-30)17-14-35-20-18(16-12-25-21(24)26-13-16)27-22(28-19(17)20)29-8-10-33-11-9-29/h4,12-14H,5-11H2,1-3H3,(H2,24,25,26)/q+1. The van der Waals surface area contributed by atoms with Crippen molar-refractivity contribution >= 4 is 39.0 Å². The van der Waals surface area contributed by atoms with Crippen molar-refractivity contribution in [3.8, 4) is 11.3 Å². The predicted molar refractivity (Wildman–Crippen MR) is 135 cm³/mol. The van der Waals surface area contributed by atoms with Gasteiger partial charge >= 0.3 is 5.03 Å². The number of fused-ring (bicyclic) bond motifs is 1. The van der Waals surface area contributed by atoms with E-state index in [0.29, 0.717) is 43.7 Å². The lowest BCUT2D eigenvalue weighted by atomic mass is 10.0. The molecule has 2 aliphatic rings. The maximum atomic E-state index is 12.4. The van der Waals surface area contributed by atoms with Crippen LogP contribution in [-0.2, 0) is 9.57 Å².